The molecule has 0 amide bonds. The van der Waals surface area contributed by atoms with Gasteiger partial charge in [-0.15, -0.1) is 0 Å². The van der Waals surface area contributed by atoms with Gasteiger partial charge in [0.1, 0.15) is 0 Å². The largest absolute Gasteiger partial charge is 0.384 e. The molecule has 0 spiro atoms. The summed E-state index contributed by atoms with van der Waals surface area (Å²) >= 11 is 5.81. The van der Waals surface area contributed by atoms with Crippen LogP contribution in [0.3, 0.4) is 0 Å². The quantitative estimate of drug-likeness (QED) is 0.853. The van der Waals surface area contributed by atoms with Crippen LogP contribution in [0.1, 0.15) is 33.3 Å². The Morgan fingerprint density at radius 1 is 1.12 bits per heavy atom. The molecule has 0 aromatic heterocycles. The van der Waals surface area contributed by atoms with E-state index in [0.29, 0.717) is 11.6 Å². The lowest BCUT2D eigenvalue weighted by atomic mass is 9.95. The van der Waals surface area contributed by atoms with E-state index >= 15 is 0 Å². The van der Waals surface area contributed by atoms with Crippen molar-refractivity contribution in [2.24, 2.45) is 0 Å². The first kappa shape index (κ1) is 13.5. The minimum absolute atomic E-state index is 0.00356. The average molecular weight is 242 g/mol. The molecule has 0 saturated heterocycles. The Morgan fingerprint density at radius 3 is 2.06 bits per heavy atom. The molecular weight excluding hydrogens is 222 g/mol. The molecule has 0 radical (unpaired) electrons. The summed E-state index contributed by atoms with van der Waals surface area (Å²) in [6, 6.07) is 7.30. The zero-order valence-corrected chi connectivity index (χ0v) is 11.1. The normalized spacial score (nSPS) is 15.9. The Morgan fingerprint density at radius 2 is 1.62 bits per heavy atom. The highest BCUT2D eigenvalue weighted by atomic mass is 35.5. The van der Waals surface area contributed by atoms with E-state index in [1.165, 1.54) is 0 Å². The molecule has 90 valence electrons. The lowest BCUT2D eigenvalue weighted by Crippen LogP contribution is -2.44. The number of nitrogens with one attached hydrogen (secondary N) is 1. The maximum Gasteiger partial charge on any atom is 0.0992 e. The zero-order chi connectivity index (χ0) is 12.4. The third kappa shape index (κ3) is 4.12. The maximum absolute atomic E-state index is 10.3. The number of halogens is 1. The van der Waals surface area contributed by atoms with Crippen molar-refractivity contribution in [1.29, 1.82) is 0 Å². The summed E-state index contributed by atoms with van der Waals surface area (Å²) in [5, 5.41) is 14.3. The second-order valence-corrected chi connectivity index (χ2v) is 5.82. The van der Waals surface area contributed by atoms with Crippen molar-refractivity contribution in [2.75, 3.05) is 6.54 Å². The fourth-order valence-corrected chi connectivity index (χ4v) is 1.47. The van der Waals surface area contributed by atoms with E-state index in [9.17, 15) is 5.11 Å². The average Bonchev–Trinajstić information content (AvgIpc) is 2.15. The summed E-state index contributed by atoms with van der Waals surface area (Å²) in [4.78, 5) is 0. The van der Waals surface area contributed by atoms with Gasteiger partial charge in [-0.2, -0.15) is 0 Å². The molecule has 0 aliphatic carbocycles. The Hall–Kier alpha value is -0.570. The first-order valence-electron chi connectivity index (χ1n) is 5.44. The fraction of sp³-hybridized carbons (Fsp3) is 0.538. The molecule has 2 nitrogen and oxygen atoms in total. The highest BCUT2D eigenvalue weighted by molar-refractivity contribution is 6.30. The summed E-state index contributed by atoms with van der Waals surface area (Å²) < 4.78 is 0. The van der Waals surface area contributed by atoms with Crippen LogP contribution in [-0.4, -0.2) is 17.2 Å². The second-order valence-electron chi connectivity index (χ2n) is 5.38. The third-order valence-corrected chi connectivity index (χ3v) is 2.68. The van der Waals surface area contributed by atoms with Crippen LogP contribution < -0.4 is 5.32 Å². The van der Waals surface area contributed by atoms with Crippen molar-refractivity contribution >= 4 is 11.6 Å². The van der Waals surface area contributed by atoms with Crippen molar-refractivity contribution < 1.29 is 5.11 Å². The lowest BCUT2D eigenvalue weighted by Gasteiger charge is -2.29. The number of hydrogen-bond donors (Lipinski definition) is 2. The molecule has 3 heteroatoms. The Balaban J connectivity index is 2.73. The van der Waals surface area contributed by atoms with Crippen molar-refractivity contribution in [1.82, 2.24) is 5.32 Å². The zero-order valence-electron chi connectivity index (χ0n) is 10.3. The summed E-state index contributed by atoms with van der Waals surface area (Å²) in [6.07, 6.45) is 0. The molecule has 1 aromatic rings. The Labute approximate surface area is 103 Å². The summed E-state index contributed by atoms with van der Waals surface area (Å²) in [7, 11) is 0. The van der Waals surface area contributed by atoms with Gasteiger partial charge in [0, 0.05) is 17.1 Å². The molecule has 0 saturated carbocycles. The van der Waals surface area contributed by atoms with Crippen LogP contribution >= 0.6 is 11.6 Å². The van der Waals surface area contributed by atoms with Gasteiger partial charge >= 0.3 is 0 Å². The Kier molecular flexibility index (Phi) is 4.00. The third-order valence-electron chi connectivity index (χ3n) is 2.43. The van der Waals surface area contributed by atoms with Crippen molar-refractivity contribution in [3.8, 4) is 0 Å². The van der Waals surface area contributed by atoms with Crippen LogP contribution in [0.2, 0.25) is 5.02 Å². The van der Waals surface area contributed by atoms with Crippen LogP contribution in [0.4, 0.5) is 0 Å². The second kappa shape index (κ2) is 4.74. The molecule has 0 aliphatic heterocycles. The summed E-state index contributed by atoms with van der Waals surface area (Å²) in [5.41, 5.74) is -0.0115. The van der Waals surface area contributed by atoms with Crippen molar-refractivity contribution in [2.45, 2.75) is 38.8 Å². The van der Waals surface area contributed by atoms with Gasteiger partial charge in [0.2, 0.25) is 0 Å². The fourth-order valence-electron chi connectivity index (χ4n) is 1.35. The molecule has 16 heavy (non-hydrogen) atoms. The molecule has 0 heterocycles. The smallest absolute Gasteiger partial charge is 0.0992 e. The molecule has 1 rings (SSSR count). The predicted molar refractivity (Wildman–Crippen MR) is 68.8 cm³/mol. The van der Waals surface area contributed by atoms with E-state index in [1.54, 1.807) is 19.1 Å². The van der Waals surface area contributed by atoms with Gasteiger partial charge in [0.25, 0.3) is 0 Å². The first-order valence-corrected chi connectivity index (χ1v) is 5.82. The molecule has 1 aromatic carbocycles. The van der Waals surface area contributed by atoms with Crippen molar-refractivity contribution in [3.63, 3.8) is 0 Å². The van der Waals surface area contributed by atoms with Gasteiger partial charge in [-0.25, -0.2) is 0 Å². The monoisotopic (exact) mass is 241 g/mol. The van der Waals surface area contributed by atoms with Crippen LogP contribution in [0, 0.1) is 0 Å². The van der Waals surface area contributed by atoms with Gasteiger partial charge in [0.15, 0.2) is 0 Å². The van der Waals surface area contributed by atoms with Crippen LogP contribution in [0.5, 0.6) is 0 Å². The van der Waals surface area contributed by atoms with Crippen LogP contribution in [0.15, 0.2) is 24.3 Å². The van der Waals surface area contributed by atoms with E-state index in [2.05, 4.69) is 26.1 Å². The molecule has 0 aliphatic rings. The standard InChI is InChI=1S/C13H20ClNO/c1-12(2,3)15-9-13(4,16)10-5-7-11(14)8-6-10/h5-8,15-16H,9H2,1-4H3. The minimum Gasteiger partial charge on any atom is -0.384 e. The molecular formula is C13H20ClNO. The van der Waals surface area contributed by atoms with E-state index in [1.807, 2.05) is 12.1 Å². The number of rotatable bonds is 3. The van der Waals surface area contributed by atoms with E-state index in [0.717, 1.165) is 5.56 Å². The van der Waals surface area contributed by atoms with Crippen LogP contribution in [-0.2, 0) is 5.60 Å². The lowest BCUT2D eigenvalue weighted by molar-refractivity contribution is 0.0502. The van der Waals surface area contributed by atoms with Crippen molar-refractivity contribution in [3.05, 3.63) is 34.9 Å². The van der Waals surface area contributed by atoms with Gasteiger partial charge in [-0.1, -0.05) is 23.7 Å². The van der Waals surface area contributed by atoms with E-state index in [-0.39, 0.29) is 5.54 Å². The van der Waals surface area contributed by atoms with Gasteiger partial charge in [0.05, 0.1) is 5.60 Å². The van der Waals surface area contributed by atoms with Gasteiger partial charge in [-0.05, 0) is 45.4 Å². The number of hydrogen-bond acceptors (Lipinski definition) is 2. The molecule has 2 N–H and O–H groups in total. The van der Waals surface area contributed by atoms with Crippen LogP contribution in [0.25, 0.3) is 0 Å². The highest BCUT2D eigenvalue weighted by Crippen LogP contribution is 2.22. The van der Waals surface area contributed by atoms with Gasteiger partial charge in [-0.3, -0.25) is 0 Å². The maximum atomic E-state index is 10.3. The SMILES string of the molecule is CC(C)(C)NCC(C)(O)c1ccc(Cl)cc1. The van der Waals surface area contributed by atoms with Gasteiger partial charge < -0.3 is 10.4 Å². The summed E-state index contributed by atoms with van der Waals surface area (Å²) in [5.74, 6) is 0. The molecule has 0 fully saturated rings. The predicted octanol–water partition coefficient (Wildman–Crippen LogP) is 2.94. The number of benzene rings is 1. The number of aliphatic hydroxyl groups is 1. The minimum atomic E-state index is -0.877. The highest BCUT2D eigenvalue weighted by Gasteiger charge is 2.24. The summed E-state index contributed by atoms with van der Waals surface area (Å²) in [6.45, 7) is 8.54. The molecule has 1 atom stereocenters. The Bertz CT molecular complexity index is 338. The van der Waals surface area contributed by atoms with E-state index < -0.39 is 5.60 Å². The number of β-amino-alcohol motifs (C(OH)–C–C–N with tert-alkyl or cyclic N) is 1. The topological polar surface area (TPSA) is 32.3 Å². The molecule has 1 unspecified atom stereocenters. The molecule has 0 bridgehead atoms. The van der Waals surface area contributed by atoms with E-state index in [4.69, 9.17) is 11.6 Å². The first-order chi connectivity index (χ1) is 7.21.